The Kier molecular flexibility index (Phi) is 5.97. The summed E-state index contributed by atoms with van der Waals surface area (Å²) in [5.41, 5.74) is 0.760. The van der Waals surface area contributed by atoms with Crippen molar-refractivity contribution in [3.8, 4) is 10.6 Å². The SMILES string of the molecule is O=C(Nc1ccc(S(=O)(=O)Nc2cccc(F)c2)cc1)c1cnc(-c2ccccc2F)s1. The van der Waals surface area contributed by atoms with Gasteiger partial charge in [-0.2, -0.15) is 0 Å². The number of hydrogen-bond acceptors (Lipinski definition) is 5. The van der Waals surface area contributed by atoms with Gasteiger partial charge in [-0.05, 0) is 54.6 Å². The number of amides is 1. The fourth-order valence-electron chi connectivity index (χ4n) is 2.81. The van der Waals surface area contributed by atoms with Crippen molar-refractivity contribution in [3.63, 3.8) is 0 Å². The van der Waals surface area contributed by atoms with Gasteiger partial charge in [0.25, 0.3) is 15.9 Å². The fourth-order valence-corrected chi connectivity index (χ4v) is 4.70. The van der Waals surface area contributed by atoms with Crippen molar-refractivity contribution in [2.75, 3.05) is 10.0 Å². The van der Waals surface area contributed by atoms with Crippen molar-refractivity contribution in [1.29, 1.82) is 0 Å². The molecule has 0 bridgehead atoms. The molecule has 1 aromatic heterocycles. The number of carbonyl (C=O) groups is 1. The lowest BCUT2D eigenvalue weighted by Gasteiger charge is -2.09. The summed E-state index contributed by atoms with van der Waals surface area (Å²) in [4.78, 5) is 16.8. The Balaban J connectivity index is 1.46. The molecule has 1 heterocycles. The average Bonchev–Trinajstić information content (AvgIpc) is 3.24. The monoisotopic (exact) mass is 471 g/mol. The normalized spacial score (nSPS) is 11.2. The maximum absolute atomic E-state index is 13.9. The van der Waals surface area contributed by atoms with Crippen LogP contribution in [0.25, 0.3) is 10.6 Å². The van der Waals surface area contributed by atoms with Crippen molar-refractivity contribution in [2.45, 2.75) is 4.90 Å². The van der Waals surface area contributed by atoms with Gasteiger partial charge in [-0.25, -0.2) is 22.2 Å². The average molecular weight is 472 g/mol. The third kappa shape index (κ3) is 4.82. The van der Waals surface area contributed by atoms with Gasteiger partial charge in [0.05, 0.1) is 16.8 Å². The van der Waals surface area contributed by atoms with Crippen LogP contribution in [0.4, 0.5) is 20.2 Å². The summed E-state index contributed by atoms with van der Waals surface area (Å²) in [6.07, 6.45) is 1.35. The van der Waals surface area contributed by atoms with Crippen LogP contribution in [0.15, 0.2) is 83.9 Å². The third-order valence-corrected chi connectivity index (χ3v) is 6.76. The lowest BCUT2D eigenvalue weighted by atomic mass is 10.2. The van der Waals surface area contributed by atoms with Crippen LogP contribution < -0.4 is 10.0 Å². The molecule has 0 atom stereocenters. The second-order valence-electron chi connectivity index (χ2n) is 6.60. The zero-order chi connectivity index (χ0) is 22.7. The second kappa shape index (κ2) is 8.85. The molecule has 4 aromatic rings. The van der Waals surface area contributed by atoms with E-state index in [1.54, 1.807) is 18.2 Å². The van der Waals surface area contributed by atoms with E-state index < -0.39 is 27.6 Å². The summed E-state index contributed by atoms with van der Waals surface area (Å²) < 4.78 is 54.4. The first-order valence-electron chi connectivity index (χ1n) is 9.22. The van der Waals surface area contributed by atoms with E-state index in [1.807, 2.05) is 0 Å². The maximum Gasteiger partial charge on any atom is 0.267 e. The summed E-state index contributed by atoms with van der Waals surface area (Å²) in [7, 11) is -3.93. The summed E-state index contributed by atoms with van der Waals surface area (Å²) in [6.45, 7) is 0. The molecule has 0 aliphatic carbocycles. The van der Waals surface area contributed by atoms with Gasteiger partial charge in [0.2, 0.25) is 0 Å². The fraction of sp³-hybridized carbons (Fsp3) is 0. The van der Waals surface area contributed by atoms with Gasteiger partial charge >= 0.3 is 0 Å². The molecular formula is C22H15F2N3O3S2. The van der Waals surface area contributed by atoms with Crippen molar-refractivity contribution in [2.24, 2.45) is 0 Å². The molecule has 10 heteroatoms. The predicted molar refractivity (Wildman–Crippen MR) is 119 cm³/mol. The van der Waals surface area contributed by atoms with Crippen LogP contribution >= 0.6 is 11.3 Å². The maximum atomic E-state index is 13.9. The minimum Gasteiger partial charge on any atom is -0.321 e. The Bertz CT molecular complexity index is 1390. The largest absolute Gasteiger partial charge is 0.321 e. The molecule has 162 valence electrons. The van der Waals surface area contributed by atoms with E-state index in [1.165, 1.54) is 54.7 Å². The molecule has 4 rings (SSSR count). The molecule has 3 aromatic carbocycles. The van der Waals surface area contributed by atoms with E-state index >= 15 is 0 Å². The Hall–Kier alpha value is -3.63. The molecule has 0 fully saturated rings. The molecule has 6 nitrogen and oxygen atoms in total. The van der Waals surface area contributed by atoms with Gasteiger partial charge < -0.3 is 5.32 Å². The highest BCUT2D eigenvalue weighted by molar-refractivity contribution is 7.92. The summed E-state index contributed by atoms with van der Waals surface area (Å²) in [5.74, 6) is -1.46. The van der Waals surface area contributed by atoms with E-state index in [0.29, 0.717) is 16.3 Å². The Labute approximate surface area is 186 Å². The summed E-state index contributed by atoms with van der Waals surface area (Å²) >= 11 is 1.04. The van der Waals surface area contributed by atoms with E-state index in [9.17, 15) is 22.0 Å². The highest BCUT2D eigenvalue weighted by atomic mass is 32.2. The second-order valence-corrected chi connectivity index (χ2v) is 9.32. The molecule has 2 N–H and O–H groups in total. The zero-order valence-electron chi connectivity index (χ0n) is 16.2. The van der Waals surface area contributed by atoms with Gasteiger partial charge in [-0.15, -0.1) is 11.3 Å². The number of benzene rings is 3. The minimum atomic E-state index is -3.93. The molecule has 1 amide bonds. The van der Waals surface area contributed by atoms with E-state index in [4.69, 9.17) is 0 Å². The molecule has 0 radical (unpaired) electrons. The zero-order valence-corrected chi connectivity index (χ0v) is 17.9. The first-order chi connectivity index (χ1) is 15.3. The van der Waals surface area contributed by atoms with Crippen molar-refractivity contribution in [1.82, 2.24) is 4.98 Å². The van der Waals surface area contributed by atoms with E-state index in [2.05, 4.69) is 15.0 Å². The Morgan fingerprint density at radius 2 is 1.66 bits per heavy atom. The molecule has 32 heavy (non-hydrogen) atoms. The molecule has 0 aliphatic rings. The number of halogens is 2. The van der Waals surface area contributed by atoms with Crippen molar-refractivity contribution in [3.05, 3.63) is 95.5 Å². The van der Waals surface area contributed by atoms with Crippen LogP contribution in [0.2, 0.25) is 0 Å². The van der Waals surface area contributed by atoms with Gasteiger partial charge in [0.1, 0.15) is 21.5 Å². The number of carbonyl (C=O) groups excluding carboxylic acids is 1. The first-order valence-corrected chi connectivity index (χ1v) is 11.5. The molecular weight excluding hydrogens is 456 g/mol. The lowest BCUT2D eigenvalue weighted by molar-refractivity contribution is 0.103. The van der Waals surface area contributed by atoms with Gasteiger partial charge in [0, 0.05) is 11.3 Å². The first kappa shape index (κ1) is 21.6. The van der Waals surface area contributed by atoms with E-state index in [-0.39, 0.29) is 15.5 Å². The lowest BCUT2D eigenvalue weighted by Crippen LogP contribution is -2.14. The van der Waals surface area contributed by atoms with Crippen LogP contribution in [0, 0.1) is 11.6 Å². The Morgan fingerprint density at radius 3 is 2.38 bits per heavy atom. The van der Waals surface area contributed by atoms with Crippen molar-refractivity contribution >= 4 is 38.6 Å². The standard InChI is InChI=1S/C22H15F2N3O3S2/c23-14-4-3-5-16(12-14)27-32(29,30)17-10-8-15(9-11-17)26-21(28)20-13-25-22(31-20)18-6-1-2-7-19(18)24/h1-13,27H,(H,26,28). The number of hydrogen-bond donors (Lipinski definition) is 2. The summed E-state index contributed by atoms with van der Waals surface area (Å²) in [6, 6.07) is 16.7. The number of aromatic nitrogens is 1. The van der Waals surface area contributed by atoms with Crippen LogP contribution in [0.5, 0.6) is 0 Å². The highest BCUT2D eigenvalue weighted by Gasteiger charge is 2.17. The number of thiazole rings is 1. The molecule has 0 aliphatic heterocycles. The molecule has 0 saturated carbocycles. The molecule has 0 spiro atoms. The third-order valence-electron chi connectivity index (χ3n) is 4.33. The van der Waals surface area contributed by atoms with Crippen molar-refractivity contribution < 1.29 is 22.0 Å². The quantitative estimate of drug-likeness (QED) is 0.408. The van der Waals surface area contributed by atoms with E-state index in [0.717, 1.165) is 17.4 Å². The highest BCUT2D eigenvalue weighted by Crippen LogP contribution is 2.28. The number of rotatable bonds is 6. The van der Waals surface area contributed by atoms with Gasteiger partial charge in [0.15, 0.2) is 0 Å². The predicted octanol–water partition coefficient (Wildman–Crippen LogP) is 5.14. The van der Waals surface area contributed by atoms with Crippen LogP contribution in [-0.4, -0.2) is 19.3 Å². The number of sulfonamides is 1. The van der Waals surface area contributed by atoms with Gasteiger partial charge in [-0.1, -0.05) is 18.2 Å². The van der Waals surface area contributed by atoms with Crippen LogP contribution in [0.1, 0.15) is 9.67 Å². The van der Waals surface area contributed by atoms with Crippen LogP contribution in [0.3, 0.4) is 0 Å². The number of nitrogens with zero attached hydrogens (tertiary/aromatic N) is 1. The topological polar surface area (TPSA) is 88.2 Å². The Morgan fingerprint density at radius 1 is 0.906 bits per heavy atom. The minimum absolute atomic E-state index is 0.0561. The smallest absolute Gasteiger partial charge is 0.267 e. The molecule has 0 saturated heterocycles. The molecule has 0 unspecified atom stereocenters. The number of nitrogens with one attached hydrogen (secondary N) is 2. The number of anilines is 2. The van der Waals surface area contributed by atoms with Crippen LogP contribution in [-0.2, 0) is 10.0 Å². The summed E-state index contributed by atoms with van der Waals surface area (Å²) in [5, 5.41) is 3.02. The van der Waals surface area contributed by atoms with Gasteiger partial charge in [-0.3, -0.25) is 9.52 Å².